The molecule has 0 unspecified atom stereocenters. The molecule has 0 spiro atoms. The zero-order valence-electron chi connectivity index (χ0n) is 7.71. The van der Waals surface area contributed by atoms with Crippen molar-refractivity contribution in [3.05, 3.63) is 12.2 Å². The Balaban J connectivity index is 3.01. The minimum atomic E-state index is 0.341. The Morgan fingerprint density at radius 1 is 1.18 bits per heavy atom. The van der Waals surface area contributed by atoms with Crippen LogP contribution in [0.1, 0.15) is 39.5 Å². The summed E-state index contributed by atoms with van der Waals surface area (Å²) in [7, 11) is 0. The van der Waals surface area contributed by atoms with Crippen LogP contribution in [0.4, 0.5) is 0 Å². The van der Waals surface area contributed by atoms with Crippen LogP contribution in [-0.2, 0) is 0 Å². The topological polar surface area (TPSA) is 20.2 Å². The summed E-state index contributed by atoms with van der Waals surface area (Å²) < 4.78 is 0. The maximum Gasteiger partial charge on any atom is 0.0431 e. The Bertz CT molecular complexity index is 95.0. The number of aliphatic hydroxyl groups is 1. The van der Waals surface area contributed by atoms with Gasteiger partial charge in [-0.1, -0.05) is 32.4 Å². The molecule has 66 valence electrons. The molecule has 0 fully saturated rings. The molecule has 0 saturated heterocycles. The minimum Gasteiger partial charge on any atom is -0.396 e. The lowest BCUT2D eigenvalue weighted by Crippen LogP contribution is -1.82. The Kier molecular flexibility index (Phi) is 7.59. The first-order valence-corrected chi connectivity index (χ1v) is 4.55. The maximum absolute atomic E-state index is 8.49. The highest BCUT2D eigenvalue weighted by molar-refractivity contribution is 4.83. The van der Waals surface area contributed by atoms with Gasteiger partial charge < -0.3 is 5.11 Å². The van der Waals surface area contributed by atoms with Crippen LogP contribution in [0.3, 0.4) is 0 Å². The number of rotatable bonds is 6. The highest BCUT2D eigenvalue weighted by atomic mass is 16.2. The lowest BCUT2D eigenvalue weighted by atomic mass is 10.1. The van der Waals surface area contributed by atoms with E-state index in [1.807, 2.05) is 0 Å². The van der Waals surface area contributed by atoms with Gasteiger partial charge in [0, 0.05) is 6.61 Å². The summed E-state index contributed by atoms with van der Waals surface area (Å²) >= 11 is 0. The molecule has 0 aliphatic carbocycles. The van der Waals surface area contributed by atoms with E-state index in [4.69, 9.17) is 5.11 Å². The third-order valence-corrected chi connectivity index (χ3v) is 1.55. The lowest BCUT2D eigenvalue weighted by Gasteiger charge is -1.95. The van der Waals surface area contributed by atoms with Crippen molar-refractivity contribution in [1.82, 2.24) is 0 Å². The summed E-state index contributed by atoms with van der Waals surface area (Å²) in [5.74, 6) is 0.674. The van der Waals surface area contributed by atoms with E-state index in [0.717, 1.165) is 19.3 Å². The zero-order chi connectivity index (χ0) is 8.53. The van der Waals surface area contributed by atoms with Gasteiger partial charge in [-0.2, -0.15) is 0 Å². The van der Waals surface area contributed by atoms with E-state index < -0.39 is 0 Å². The van der Waals surface area contributed by atoms with Gasteiger partial charge in [0.05, 0.1) is 0 Å². The fourth-order valence-electron chi connectivity index (χ4n) is 0.919. The van der Waals surface area contributed by atoms with E-state index in [2.05, 4.69) is 26.0 Å². The van der Waals surface area contributed by atoms with Crippen molar-refractivity contribution >= 4 is 0 Å². The van der Waals surface area contributed by atoms with Crippen molar-refractivity contribution in [1.29, 1.82) is 0 Å². The van der Waals surface area contributed by atoms with Crippen LogP contribution in [-0.4, -0.2) is 11.7 Å². The lowest BCUT2D eigenvalue weighted by molar-refractivity contribution is 0.283. The summed E-state index contributed by atoms with van der Waals surface area (Å²) in [4.78, 5) is 0. The maximum atomic E-state index is 8.49. The van der Waals surface area contributed by atoms with Crippen molar-refractivity contribution in [2.45, 2.75) is 39.5 Å². The second-order valence-electron chi connectivity index (χ2n) is 3.25. The van der Waals surface area contributed by atoms with E-state index in [1.165, 1.54) is 6.42 Å². The Hall–Kier alpha value is -0.300. The molecule has 1 N–H and O–H groups in total. The molecule has 0 heterocycles. The van der Waals surface area contributed by atoms with Crippen molar-refractivity contribution in [3.8, 4) is 0 Å². The van der Waals surface area contributed by atoms with Crippen LogP contribution >= 0.6 is 0 Å². The predicted molar refractivity (Wildman–Crippen MR) is 49.5 cm³/mol. The molecule has 0 aliphatic heterocycles. The summed E-state index contributed by atoms with van der Waals surface area (Å²) in [6, 6.07) is 0. The Morgan fingerprint density at radius 2 is 1.91 bits per heavy atom. The fraction of sp³-hybridized carbons (Fsp3) is 0.800. The molecule has 0 saturated carbocycles. The first-order chi connectivity index (χ1) is 5.27. The monoisotopic (exact) mass is 156 g/mol. The van der Waals surface area contributed by atoms with Crippen LogP contribution in [0.15, 0.2) is 12.2 Å². The van der Waals surface area contributed by atoms with Crippen LogP contribution < -0.4 is 0 Å². The predicted octanol–water partition coefficient (Wildman–Crippen LogP) is 2.75. The second-order valence-corrected chi connectivity index (χ2v) is 3.25. The van der Waals surface area contributed by atoms with E-state index in [9.17, 15) is 0 Å². The number of allylic oxidation sites excluding steroid dienone is 2. The summed E-state index contributed by atoms with van der Waals surface area (Å²) in [5, 5.41) is 8.49. The van der Waals surface area contributed by atoms with Gasteiger partial charge in [0.2, 0.25) is 0 Å². The van der Waals surface area contributed by atoms with Crippen LogP contribution in [0, 0.1) is 5.92 Å². The SMILES string of the molecule is CC(C)/C=C/CCCCCO. The highest BCUT2D eigenvalue weighted by Crippen LogP contribution is 2.02. The average molecular weight is 156 g/mol. The second kappa shape index (κ2) is 7.80. The van der Waals surface area contributed by atoms with Gasteiger partial charge in [-0.25, -0.2) is 0 Å². The minimum absolute atomic E-state index is 0.341. The molecule has 0 radical (unpaired) electrons. The number of aliphatic hydroxyl groups excluding tert-OH is 1. The molecule has 1 heteroatoms. The average Bonchev–Trinajstić information content (AvgIpc) is 1.96. The third-order valence-electron chi connectivity index (χ3n) is 1.55. The first-order valence-electron chi connectivity index (χ1n) is 4.55. The molecular formula is C10H20O. The highest BCUT2D eigenvalue weighted by Gasteiger charge is 1.86. The van der Waals surface area contributed by atoms with Gasteiger partial charge in [-0.05, 0) is 25.2 Å². The van der Waals surface area contributed by atoms with E-state index in [-0.39, 0.29) is 0 Å². The molecule has 0 atom stereocenters. The van der Waals surface area contributed by atoms with Crippen molar-refractivity contribution in [2.24, 2.45) is 5.92 Å². The van der Waals surface area contributed by atoms with E-state index in [1.54, 1.807) is 0 Å². The van der Waals surface area contributed by atoms with Gasteiger partial charge in [-0.15, -0.1) is 0 Å². The fourth-order valence-corrected chi connectivity index (χ4v) is 0.919. The van der Waals surface area contributed by atoms with Gasteiger partial charge in [0.1, 0.15) is 0 Å². The Morgan fingerprint density at radius 3 is 2.45 bits per heavy atom. The zero-order valence-corrected chi connectivity index (χ0v) is 7.71. The van der Waals surface area contributed by atoms with Crippen LogP contribution in [0.2, 0.25) is 0 Å². The van der Waals surface area contributed by atoms with Gasteiger partial charge >= 0.3 is 0 Å². The third kappa shape index (κ3) is 9.70. The molecule has 0 aromatic rings. The standard InChI is InChI=1S/C10H20O/c1-10(2)8-6-4-3-5-7-9-11/h6,8,10-11H,3-5,7,9H2,1-2H3/b8-6+. The summed E-state index contributed by atoms with van der Waals surface area (Å²) in [6.07, 6.45) is 8.96. The van der Waals surface area contributed by atoms with Crippen LogP contribution in [0.25, 0.3) is 0 Å². The molecular weight excluding hydrogens is 136 g/mol. The van der Waals surface area contributed by atoms with Gasteiger partial charge in [0.25, 0.3) is 0 Å². The number of hydrogen-bond acceptors (Lipinski definition) is 1. The molecule has 0 aliphatic rings. The largest absolute Gasteiger partial charge is 0.396 e. The van der Waals surface area contributed by atoms with Gasteiger partial charge in [0.15, 0.2) is 0 Å². The molecule has 1 nitrogen and oxygen atoms in total. The van der Waals surface area contributed by atoms with Gasteiger partial charge in [-0.3, -0.25) is 0 Å². The normalized spacial score (nSPS) is 11.6. The van der Waals surface area contributed by atoms with Crippen molar-refractivity contribution < 1.29 is 5.11 Å². The molecule has 0 aromatic carbocycles. The first kappa shape index (κ1) is 10.7. The summed E-state index contributed by atoms with van der Waals surface area (Å²) in [6.45, 7) is 4.71. The van der Waals surface area contributed by atoms with Crippen molar-refractivity contribution in [2.75, 3.05) is 6.61 Å². The number of hydrogen-bond donors (Lipinski definition) is 1. The van der Waals surface area contributed by atoms with Crippen LogP contribution in [0.5, 0.6) is 0 Å². The molecule has 0 bridgehead atoms. The molecule has 0 rings (SSSR count). The van der Waals surface area contributed by atoms with E-state index in [0.29, 0.717) is 12.5 Å². The smallest absolute Gasteiger partial charge is 0.0431 e. The summed E-state index contributed by atoms with van der Waals surface area (Å²) in [5.41, 5.74) is 0. The Labute approximate surface area is 70.1 Å². The molecule has 0 amide bonds. The molecule has 0 aromatic heterocycles. The number of unbranched alkanes of at least 4 members (excludes halogenated alkanes) is 3. The molecule has 11 heavy (non-hydrogen) atoms. The van der Waals surface area contributed by atoms with Crippen molar-refractivity contribution in [3.63, 3.8) is 0 Å². The quantitative estimate of drug-likeness (QED) is 0.463. The van der Waals surface area contributed by atoms with E-state index >= 15 is 0 Å².